The zero-order valence-electron chi connectivity index (χ0n) is 9.62. The first-order valence-electron chi connectivity index (χ1n) is 5.88. The van der Waals surface area contributed by atoms with Gasteiger partial charge < -0.3 is 9.47 Å². The molecule has 0 aromatic carbocycles. The molecule has 1 saturated carbocycles. The number of nitrogens with zero attached hydrogens (tertiary/aromatic N) is 1. The number of halogens is 2. The lowest BCUT2D eigenvalue weighted by molar-refractivity contribution is -0.183. The van der Waals surface area contributed by atoms with Crippen molar-refractivity contribution in [2.45, 2.75) is 43.9 Å². The highest BCUT2D eigenvalue weighted by Crippen LogP contribution is 2.37. The van der Waals surface area contributed by atoms with E-state index >= 15 is 0 Å². The largest absolute Gasteiger partial charge is 0.348 e. The highest BCUT2D eigenvalue weighted by atomic mass is 19.3. The van der Waals surface area contributed by atoms with Crippen molar-refractivity contribution in [2.24, 2.45) is 0 Å². The van der Waals surface area contributed by atoms with Gasteiger partial charge in [-0.3, -0.25) is 4.90 Å². The van der Waals surface area contributed by atoms with Crippen LogP contribution in [-0.2, 0) is 9.47 Å². The highest BCUT2D eigenvalue weighted by molar-refractivity contribution is 4.86. The minimum atomic E-state index is -2.25. The molecular weight excluding hydrogens is 216 g/mol. The summed E-state index contributed by atoms with van der Waals surface area (Å²) in [6, 6.07) is 0.243. The van der Waals surface area contributed by atoms with E-state index in [1.54, 1.807) is 11.9 Å². The topological polar surface area (TPSA) is 21.7 Å². The number of hydrogen-bond acceptors (Lipinski definition) is 3. The van der Waals surface area contributed by atoms with E-state index in [1.807, 2.05) is 0 Å². The third-order valence-corrected chi connectivity index (χ3v) is 3.58. The van der Waals surface area contributed by atoms with Gasteiger partial charge in [0.15, 0.2) is 5.79 Å². The van der Waals surface area contributed by atoms with E-state index < -0.39 is 6.43 Å². The van der Waals surface area contributed by atoms with Gasteiger partial charge in [0.25, 0.3) is 6.43 Å². The van der Waals surface area contributed by atoms with Gasteiger partial charge in [-0.2, -0.15) is 0 Å². The van der Waals surface area contributed by atoms with Crippen LogP contribution in [0.15, 0.2) is 0 Å². The van der Waals surface area contributed by atoms with Crippen molar-refractivity contribution in [3.8, 4) is 0 Å². The molecule has 0 radical (unpaired) electrons. The molecule has 0 N–H and O–H groups in total. The quantitative estimate of drug-likeness (QED) is 0.745. The number of rotatable bonds is 3. The molecule has 3 nitrogen and oxygen atoms in total. The van der Waals surface area contributed by atoms with E-state index in [4.69, 9.17) is 9.47 Å². The first-order valence-corrected chi connectivity index (χ1v) is 5.88. The fourth-order valence-corrected chi connectivity index (χ4v) is 2.64. The maximum atomic E-state index is 12.2. The van der Waals surface area contributed by atoms with Crippen molar-refractivity contribution >= 4 is 0 Å². The van der Waals surface area contributed by atoms with Crippen LogP contribution in [0, 0.1) is 0 Å². The molecule has 2 rings (SSSR count). The van der Waals surface area contributed by atoms with E-state index in [2.05, 4.69) is 0 Å². The molecule has 0 atom stereocenters. The van der Waals surface area contributed by atoms with E-state index in [0.717, 1.165) is 25.7 Å². The van der Waals surface area contributed by atoms with E-state index in [-0.39, 0.29) is 18.4 Å². The minimum Gasteiger partial charge on any atom is -0.348 e. The first-order chi connectivity index (χ1) is 7.61. The molecular formula is C11H19F2NO2. The predicted octanol–water partition coefficient (Wildman–Crippen LogP) is 1.87. The van der Waals surface area contributed by atoms with Gasteiger partial charge >= 0.3 is 0 Å². The fourth-order valence-electron chi connectivity index (χ4n) is 2.64. The van der Waals surface area contributed by atoms with Crippen LogP contribution in [0.25, 0.3) is 0 Å². The van der Waals surface area contributed by atoms with Gasteiger partial charge in [0.1, 0.15) is 0 Å². The van der Waals surface area contributed by atoms with Crippen LogP contribution in [-0.4, -0.2) is 50.0 Å². The summed E-state index contributed by atoms with van der Waals surface area (Å²) in [5.41, 5.74) is 0. The van der Waals surface area contributed by atoms with Crippen molar-refractivity contribution in [2.75, 3.05) is 26.8 Å². The highest BCUT2D eigenvalue weighted by Gasteiger charge is 2.41. The summed E-state index contributed by atoms with van der Waals surface area (Å²) in [7, 11) is 1.77. The SMILES string of the molecule is CN(CC(F)F)C1CCC2(CC1)OCCO2. The Hall–Kier alpha value is -0.260. The van der Waals surface area contributed by atoms with E-state index in [0.29, 0.717) is 13.2 Å². The maximum absolute atomic E-state index is 12.2. The lowest BCUT2D eigenvalue weighted by Crippen LogP contribution is -2.44. The lowest BCUT2D eigenvalue weighted by Gasteiger charge is -2.38. The first kappa shape index (κ1) is 12.2. The molecule has 0 aromatic heterocycles. The Morgan fingerprint density at radius 3 is 2.31 bits per heavy atom. The molecule has 5 heteroatoms. The van der Waals surface area contributed by atoms with Crippen molar-refractivity contribution in [1.29, 1.82) is 0 Å². The predicted molar refractivity (Wildman–Crippen MR) is 55.5 cm³/mol. The van der Waals surface area contributed by atoms with Crippen LogP contribution in [0.5, 0.6) is 0 Å². The second-order valence-corrected chi connectivity index (χ2v) is 4.67. The molecule has 1 aliphatic heterocycles. The zero-order valence-corrected chi connectivity index (χ0v) is 9.62. The average molecular weight is 235 g/mol. The van der Waals surface area contributed by atoms with Gasteiger partial charge in [0.05, 0.1) is 19.8 Å². The molecule has 0 unspecified atom stereocenters. The molecule has 0 amide bonds. The summed E-state index contributed by atoms with van der Waals surface area (Å²) < 4.78 is 35.7. The van der Waals surface area contributed by atoms with Crippen LogP contribution in [0.3, 0.4) is 0 Å². The Kier molecular flexibility index (Phi) is 3.77. The lowest BCUT2D eigenvalue weighted by atomic mass is 9.89. The average Bonchev–Trinajstić information content (AvgIpc) is 2.66. The van der Waals surface area contributed by atoms with Crippen LogP contribution in [0.4, 0.5) is 8.78 Å². The van der Waals surface area contributed by atoms with Crippen LogP contribution < -0.4 is 0 Å². The smallest absolute Gasteiger partial charge is 0.251 e. The van der Waals surface area contributed by atoms with Gasteiger partial charge in [0.2, 0.25) is 0 Å². The molecule has 94 valence electrons. The van der Waals surface area contributed by atoms with E-state index in [9.17, 15) is 8.78 Å². The van der Waals surface area contributed by atoms with Gasteiger partial charge in [-0.1, -0.05) is 0 Å². The summed E-state index contributed by atoms with van der Waals surface area (Å²) in [6.07, 6.45) is 1.16. The molecule has 1 saturated heterocycles. The Morgan fingerprint density at radius 2 is 1.81 bits per heavy atom. The van der Waals surface area contributed by atoms with Crippen molar-refractivity contribution in [3.63, 3.8) is 0 Å². The summed E-state index contributed by atoms with van der Waals surface area (Å²) in [6.45, 7) is 1.19. The van der Waals surface area contributed by atoms with Crippen LogP contribution >= 0.6 is 0 Å². The minimum absolute atomic E-state index is 0.140. The Balaban J connectivity index is 1.80. The second kappa shape index (κ2) is 4.94. The zero-order chi connectivity index (χ0) is 11.6. The second-order valence-electron chi connectivity index (χ2n) is 4.67. The molecule has 16 heavy (non-hydrogen) atoms. The number of hydrogen-bond donors (Lipinski definition) is 0. The Morgan fingerprint density at radius 1 is 1.25 bits per heavy atom. The van der Waals surface area contributed by atoms with Crippen LogP contribution in [0.2, 0.25) is 0 Å². The molecule has 0 bridgehead atoms. The molecule has 0 aromatic rings. The molecule has 1 aliphatic carbocycles. The fraction of sp³-hybridized carbons (Fsp3) is 1.00. The monoisotopic (exact) mass is 235 g/mol. The Labute approximate surface area is 94.7 Å². The maximum Gasteiger partial charge on any atom is 0.251 e. The molecule has 1 spiro atoms. The van der Waals surface area contributed by atoms with Gasteiger partial charge in [-0.05, 0) is 19.9 Å². The van der Waals surface area contributed by atoms with Gasteiger partial charge in [-0.25, -0.2) is 8.78 Å². The molecule has 2 fully saturated rings. The van der Waals surface area contributed by atoms with Gasteiger partial charge in [-0.15, -0.1) is 0 Å². The van der Waals surface area contributed by atoms with Gasteiger partial charge in [0, 0.05) is 18.9 Å². The van der Waals surface area contributed by atoms with Crippen molar-refractivity contribution < 1.29 is 18.3 Å². The normalized spacial score (nSPS) is 26.1. The summed E-state index contributed by atoms with van der Waals surface area (Å²) in [5, 5.41) is 0. The van der Waals surface area contributed by atoms with Crippen LogP contribution in [0.1, 0.15) is 25.7 Å². The van der Waals surface area contributed by atoms with Crippen molar-refractivity contribution in [3.05, 3.63) is 0 Å². The molecule has 1 heterocycles. The number of alkyl halides is 2. The summed E-state index contributed by atoms with van der Waals surface area (Å²) >= 11 is 0. The molecule has 2 aliphatic rings. The standard InChI is InChI=1S/C11H19F2NO2/c1-14(8-10(12)13)9-2-4-11(5-3-9)15-6-7-16-11/h9-10H,2-8H2,1H3. The van der Waals surface area contributed by atoms with E-state index in [1.165, 1.54) is 0 Å². The summed E-state index contributed by atoms with van der Waals surface area (Å²) in [5.74, 6) is -0.387. The Bertz CT molecular complexity index is 222. The third-order valence-electron chi connectivity index (χ3n) is 3.58. The third kappa shape index (κ3) is 2.70. The number of ether oxygens (including phenoxy) is 2. The summed E-state index contributed by atoms with van der Waals surface area (Å²) in [4.78, 5) is 1.76. The van der Waals surface area contributed by atoms with Crippen molar-refractivity contribution in [1.82, 2.24) is 4.90 Å².